The molecular formula is C12H15FN2O4. The minimum Gasteiger partial charge on any atom is -0.434 e. The second kappa shape index (κ2) is 6.81. The van der Waals surface area contributed by atoms with Gasteiger partial charge >= 0.3 is 6.16 Å². The van der Waals surface area contributed by atoms with Crippen molar-refractivity contribution in [3.05, 3.63) is 29.6 Å². The standard InChI is InChI=1S/C12H15FN2O4/c1-3-18-12(17)19-11-6-8(13)4-5-9(11)10(16)7-15(2)14/h4-6H,3,7,14H2,1-2H3. The maximum atomic E-state index is 13.1. The Morgan fingerprint density at radius 1 is 1.42 bits per heavy atom. The molecule has 0 spiro atoms. The van der Waals surface area contributed by atoms with Crippen molar-refractivity contribution in [1.82, 2.24) is 5.01 Å². The Kier molecular flexibility index (Phi) is 5.40. The summed E-state index contributed by atoms with van der Waals surface area (Å²) in [4.78, 5) is 23.1. The first-order chi connectivity index (χ1) is 8.93. The minimum absolute atomic E-state index is 0.0618. The van der Waals surface area contributed by atoms with Crippen LogP contribution in [-0.4, -0.2) is 37.1 Å². The molecule has 0 aliphatic carbocycles. The van der Waals surface area contributed by atoms with Crippen molar-refractivity contribution in [3.8, 4) is 5.75 Å². The van der Waals surface area contributed by atoms with Gasteiger partial charge in [0.15, 0.2) is 5.78 Å². The number of hydrogen-bond donors (Lipinski definition) is 1. The predicted octanol–water partition coefficient (Wildman–Crippen LogP) is 1.35. The van der Waals surface area contributed by atoms with Gasteiger partial charge in [-0.3, -0.25) is 10.6 Å². The van der Waals surface area contributed by atoms with E-state index in [9.17, 15) is 14.0 Å². The van der Waals surface area contributed by atoms with Crippen LogP contribution in [0.2, 0.25) is 0 Å². The Morgan fingerprint density at radius 2 is 2.11 bits per heavy atom. The highest BCUT2D eigenvalue weighted by molar-refractivity contribution is 6.00. The van der Waals surface area contributed by atoms with Crippen LogP contribution in [0.5, 0.6) is 5.75 Å². The molecule has 0 heterocycles. The Hall–Kier alpha value is -1.99. The van der Waals surface area contributed by atoms with E-state index < -0.39 is 17.8 Å². The Bertz CT molecular complexity index is 477. The van der Waals surface area contributed by atoms with E-state index in [1.807, 2.05) is 0 Å². The molecule has 0 unspecified atom stereocenters. The summed E-state index contributed by atoms with van der Waals surface area (Å²) in [6.07, 6.45) is -0.997. The molecule has 0 amide bonds. The zero-order chi connectivity index (χ0) is 14.4. The van der Waals surface area contributed by atoms with Crippen LogP contribution in [0.25, 0.3) is 0 Å². The van der Waals surface area contributed by atoms with E-state index in [2.05, 4.69) is 4.74 Å². The van der Waals surface area contributed by atoms with Gasteiger partial charge < -0.3 is 9.47 Å². The summed E-state index contributed by atoms with van der Waals surface area (Å²) in [5.41, 5.74) is 0.0618. The minimum atomic E-state index is -0.997. The zero-order valence-electron chi connectivity index (χ0n) is 10.7. The molecule has 1 rings (SSSR count). The molecule has 104 valence electrons. The summed E-state index contributed by atoms with van der Waals surface area (Å²) in [5, 5.41) is 1.17. The molecule has 1 aromatic carbocycles. The number of benzene rings is 1. The third-order valence-corrected chi connectivity index (χ3v) is 2.09. The summed E-state index contributed by atoms with van der Waals surface area (Å²) >= 11 is 0. The van der Waals surface area contributed by atoms with Gasteiger partial charge in [0.25, 0.3) is 0 Å². The molecule has 6 nitrogen and oxygen atoms in total. The van der Waals surface area contributed by atoms with Gasteiger partial charge in [-0.05, 0) is 19.1 Å². The molecule has 0 aliphatic heterocycles. The molecular weight excluding hydrogens is 255 g/mol. The third kappa shape index (κ3) is 4.65. The number of halogens is 1. The van der Waals surface area contributed by atoms with Crippen LogP contribution in [0, 0.1) is 5.82 Å². The molecule has 0 aromatic heterocycles. The summed E-state index contributed by atoms with van der Waals surface area (Å²) in [7, 11) is 1.51. The molecule has 19 heavy (non-hydrogen) atoms. The number of carbonyl (C=O) groups is 2. The largest absolute Gasteiger partial charge is 0.513 e. The molecule has 0 fully saturated rings. The first-order valence-electron chi connectivity index (χ1n) is 5.57. The van der Waals surface area contributed by atoms with Crippen LogP contribution in [0.3, 0.4) is 0 Å². The van der Waals surface area contributed by atoms with E-state index in [0.717, 1.165) is 12.1 Å². The Labute approximate surface area is 109 Å². The van der Waals surface area contributed by atoms with Gasteiger partial charge in [-0.1, -0.05) is 0 Å². The van der Waals surface area contributed by atoms with Crippen LogP contribution in [0.4, 0.5) is 9.18 Å². The van der Waals surface area contributed by atoms with Gasteiger partial charge in [-0.25, -0.2) is 14.2 Å². The highest BCUT2D eigenvalue weighted by atomic mass is 19.1. The fraction of sp³-hybridized carbons (Fsp3) is 0.333. The van der Waals surface area contributed by atoms with Crippen molar-refractivity contribution in [2.75, 3.05) is 20.2 Å². The van der Waals surface area contributed by atoms with Crippen LogP contribution in [-0.2, 0) is 4.74 Å². The molecule has 0 atom stereocenters. The second-order valence-electron chi connectivity index (χ2n) is 3.76. The summed E-state index contributed by atoms with van der Waals surface area (Å²) in [6, 6.07) is 3.28. The number of hydrogen-bond acceptors (Lipinski definition) is 6. The lowest BCUT2D eigenvalue weighted by molar-refractivity contribution is 0.0933. The lowest BCUT2D eigenvalue weighted by Crippen LogP contribution is -2.32. The van der Waals surface area contributed by atoms with Crippen molar-refractivity contribution < 1.29 is 23.5 Å². The lowest BCUT2D eigenvalue weighted by atomic mass is 10.1. The van der Waals surface area contributed by atoms with Gasteiger partial charge in [0, 0.05) is 13.1 Å². The lowest BCUT2D eigenvalue weighted by Gasteiger charge is -2.12. The number of hydrazine groups is 1. The normalized spacial score (nSPS) is 10.4. The molecule has 0 saturated heterocycles. The number of nitrogens with zero attached hydrogens (tertiary/aromatic N) is 1. The van der Waals surface area contributed by atoms with Gasteiger partial charge in [-0.15, -0.1) is 0 Å². The SMILES string of the molecule is CCOC(=O)Oc1cc(F)ccc1C(=O)CN(C)N. The van der Waals surface area contributed by atoms with Crippen molar-refractivity contribution >= 4 is 11.9 Å². The molecule has 1 aromatic rings. The number of carbonyl (C=O) groups excluding carboxylic acids is 2. The fourth-order valence-electron chi connectivity index (χ4n) is 1.36. The number of ketones is 1. The molecule has 2 N–H and O–H groups in total. The summed E-state index contributed by atoms with van der Waals surface area (Å²) in [6.45, 7) is 1.62. The van der Waals surface area contributed by atoms with Gasteiger partial charge in [0.05, 0.1) is 18.7 Å². The number of nitrogens with two attached hydrogens (primary N) is 1. The zero-order valence-corrected chi connectivity index (χ0v) is 10.7. The average Bonchev–Trinajstić information content (AvgIpc) is 2.28. The van der Waals surface area contributed by atoms with Crippen LogP contribution < -0.4 is 10.6 Å². The Balaban J connectivity index is 2.97. The molecule has 0 saturated carbocycles. The van der Waals surface area contributed by atoms with Crippen molar-refractivity contribution in [2.24, 2.45) is 5.84 Å². The monoisotopic (exact) mass is 270 g/mol. The number of likely N-dealkylation sites (N-methyl/N-ethyl adjacent to an activating group) is 1. The van der Waals surface area contributed by atoms with E-state index in [1.165, 1.54) is 18.1 Å². The van der Waals surface area contributed by atoms with Crippen molar-refractivity contribution in [2.45, 2.75) is 6.92 Å². The van der Waals surface area contributed by atoms with Gasteiger partial charge in [0.1, 0.15) is 11.6 Å². The van der Waals surface area contributed by atoms with Gasteiger partial charge in [-0.2, -0.15) is 0 Å². The molecule has 0 aliphatic rings. The number of Topliss-reactive ketones (excluding diaryl/α,β-unsaturated/α-hetero) is 1. The predicted molar refractivity (Wildman–Crippen MR) is 65.2 cm³/mol. The maximum absolute atomic E-state index is 13.1. The topological polar surface area (TPSA) is 81.9 Å². The van der Waals surface area contributed by atoms with E-state index in [1.54, 1.807) is 6.92 Å². The van der Waals surface area contributed by atoms with Crippen LogP contribution >= 0.6 is 0 Å². The number of ether oxygens (including phenoxy) is 2. The fourth-order valence-corrected chi connectivity index (χ4v) is 1.36. The summed E-state index contributed by atoms with van der Waals surface area (Å²) < 4.78 is 22.5. The van der Waals surface area contributed by atoms with Crippen molar-refractivity contribution in [1.29, 1.82) is 0 Å². The van der Waals surface area contributed by atoms with E-state index in [0.29, 0.717) is 0 Å². The first kappa shape index (κ1) is 15.1. The maximum Gasteiger partial charge on any atom is 0.513 e. The Morgan fingerprint density at radius 3 is 2.68 bits per heavy atom. The van der Waals surface area contributed by atoms with Gasteiger partial charge in [0.2, 0.25) is 0 Å². The van der Waals surface area contributed by atoms with Crippen LogP contribution in [0.1, 0.15) is 17.3 Å². The third-order valence-electron chi connectivity index (χ3n) is 2.09. The first-order valence-corrected chi connectivity index (χ1v) is 5.57. The molecule has 7 heteroatoms. The highest BCUT2D eigenvalue weighted by Crippen LogP contribution is 2.21. The quantitative estimate of drug-likeness (QED) is 0.286. The number of rotatable bonds is 5. The van der Waals surface area contributed by atoms with E-state index >= 15 is 0 Å². The highest BCUT2D eigenvalue weighted by Gasteiger charge is 2.17. The van der Waals surface area contributed by atoms with E-state index in [4.69, 9.17) is 10.6 Å². The average molecular weight is 270 g/mol. The summed E-state index contributed by atoms with van der Waals surface area (Å²) in [5.74, 6) is 4.15. The molecule has 0 bridgehead atoms. The molecule has 0 radical (unpaired) electrons. The van der Waals surface area contributed by atoms with Crippen molar-refractivity contribution in [3.63, 3.8) is 0 Å². The van der Waals surface area contributed by atoms with Crippen LogP contribution in [0.15, 0.2) is 18.2 Å². The smallest absolute Gasteiger partial charge is 0.434 e. The van der Waals surface area contributed by atoms with E-state index in [-0.39, 0.29) is 24.5 Å². The second-order valence-corrected chi connectivity index (χ2v) is 3.76.